The predicted octanol–water partition coefficient (Wildman–Crippen LogP) is 3.46. The molecule has 0 spiro atoms. The molecule has 152 valence electrons. The van der Waals surface area contributed by atoms with Crippen molar-refractivity contribution in [3.05, 3.63) is 35.9 Å². The first-order chi connectivity index (χ1) is 13.2. The summed E-state index contributed by atoms with van der Waals surface area (Å²) in [7, 11) is 0. The first-order valence-corrected chi connectivity index (χ1v) is 9.84. The van der Waals surface area contributed by atoms with E-state index in [0.717, 1.165) is 18.4 Å². The van der Waals surface area contributed by atoms with Gasteiger partial charge in [-0.2, -0.15) is 0 Å². The molecule has 0 bridgehead atoms. The molecule has 2 aliphatic rings. The number of benzene rings is 1. The van der Waals surface area contributed by atoms with E-state index < -0.39 is 11.7 Å². The molecule has 3 atom stereocenters. The van der Waals surface area contributed by atoms with E-state index in [4.69, 9.17) is 4.74 Å². The number of nitrogens with zero attached hydrogens (tertiary/aromatic N) is 2. The molecule has 2 fully saturated rings. The number of hydrogen-bond donors (Lipinski definition) is 1. The van der Waals surface area contributed by atoms with Crippen LogP contribution in [0.2, 0.25) is 0 Å². The van der Waals surface area contributed by atoms with Gasteiger partial charge in [0.1, 0.15) is 5.60 Å². The average Bonchev–Trinajstić information content (AvgIpc) is 2.61. The number of rotatable bonds is 3. The van der Waals surface area contributed by atoms with Crippen molar-refractivity contribution in [3.8, 4) is 0 Å². The van der Waals surface area contributed by atoms with Gasteiger partial charge in [0.25, 0.3) is 0 Å². The number of urea groups is 1. The third-order valence-electron chi connectivity index (χ3n) is 5.25. The van der Waals surface area contributed by atoms with Crippen molar-refractivity contribution >= 4 is 18.0 Å². The summed E-state index contributed by atoms with van der Waals surface area (Å²) in [5.41, 5.74) is 0.321. The fourth-order valence-electron chi connectivity index (χ4n) is 3.96. The number of carbonyl (C=O) groups excluding carboxylic acids is 3. The number of imide groups is 1. The normalized spacial score (nSPS) is 23.9. The first kappa shape index (κ1) is 20.2. The molecular weight excluding hydrogens is 358 g/mol. The lowest BCUT2D eigenvalue weighted by Crippen LogP contribution is -2.65. The highest BCUT2D eigenvalue weighted by molar-refractivity contribution is 5.98. The van der Waals surface area contributed by atoms with Gasteiger partial charge in [0.15, 0.2) is 0 Å². The van der Waals surface area contributed by atoms with Crippen LogP contribution in [0, 0.1) is 0 Å². The summed E-state index contributed by atoms with van der Waals surface area (Å²) in [5, 5.41) is 2.87. The van der Waals surface area contributed by atoms with Gasteiger partial charge in [0, 0.05) is 13.0 Å². The minimum Gasteiger partial charge on any atom is -0.444 e. The fourth-order valence-corrected chi connectivity index (χ4v) is 3.96. The van der Waals surface area contributed by atoms with Crippen molar-refractivity contribution in [2.24, 2.45) is 0 Å². The predicted molar refractivity (Wildman–Crippen MR) is 105 cm³/mol. The quantitative estimate of drug-likeness (QED) is 0.861. The highest BCUT2D eigenvalue weighted by Gasteiger charge is 2.46. The number of piperidine rings is 1. The molecule has 28 heavy (non-hydrogen) atoms. The maximum absolute atomic E-state index is 13.1. The van der Waals surface area contributed by atoms with E-state index in [1.54, 1.807) is 25.7 Å². The maximum Gasteiger partial charge on any atom is 0.407 e. The average molecular weight is 387 g/mol. The summed E-state index contributed by atoms with van der Waals surface area (Å²) in [6, 6.07) is 8.30. The Morgan fingerprint density at radius 3 is 2.54 bits per heavy atom. The lowest BCUT2D eigenvalue weighted by Gasteiger charge is -2.47. The zero-order chi connectivity index (χ0) is 20.5. The third kappa shape index (κ3) is 4.29. The van der Waals surface area contributed by atoms with Gasteiger partial charge >= 0.3 is 12.1 Å². The fraction of sp³-hybridized carbons (Fsp3) is 0.571. The summed E-state index contributed by atoms with van der Waals surface area (Å²) >= 11 is 0. The van der Waals surface area contributed by atoms with Gasteiger partial charge in [-0.1, -0.05) is 30.3 Å². The Labute approximate surface area is 166 Å². The van der Waals surface area contributed by atoms with Crippen molar-refractivity contribution in [2.45, 2.75) is 70.7 Å². The highest BCUT2D eigenvalue weighted by atomic mass is 16.6. The van der Waals surface area contributed by atoms with Crippen molar-refractivity contribution in [1.29, 1.82) is 0 Å². The molecule has 0 radical (unpaired) electrons. The Hall–Kier alpha value is -2.57. The summed E-state index contributed by atoms with van der Waals surface area (Å²) in [4.78, 5) is 41.3. The Morgan fingerprint density at radius 1 is 1.21 bits per heavy atom. The molecule has 0 saturated carbocycles. The monoisotopic (exact) mass is 387 g/mol. The largest absolute Gasteiger partial charge is 0.444 e. The second-order valence-corrected chi connectivity index (χ2v) is 8.49. The molecule has 7 heteroatoms. The van der Waals surface area contributed by atoms with Gasteiger partial charge in [0.05, 0.1) is 18.1 Å². The summed E-state index contributed by atoms with van der Waals surface area (Å²) < 4.78 is 5.34. The summed E-state index contributed by atoms with van der Waals surface area (Å²) in [6.07, 6.45) is 1.17. The Morgan fingerprint density at radius 2 is 1.89 bits per heavy atom. The molecule has 0 aliphatic carbocycles. The van der Waals surface area contributed by atoms with Crippen LogP contribution in [0.1, 0.15) is 58.6 Å². The van der Waals surface area contributed by atoms with Gasteiger partial charge < -0.3 is 15.0 Å². The van der Waals surface area contributed by atoms with E-state index in [-0.39, 0.29) is 36.5 Å². The van der Waals surface area contributed by atoms with Gasteiger partial charge in [0.2, 0.25) is 5.91 Å². The minimum atomic E-state index is -0.599. The number of alkyl carbamates (subject to hydrolysis) is 1. The highest BCUT2D eigenvalue weighted by Crippen LogP contribution is 2.32. The SMILES string of the molecule is C[C@H](c1ccccc1)N1C(=O)CC2C(NC(=O)OC(C)(C)C)CCCN2C1=O. The molecule has 2 saturated heterocycles. The second-order valence-electron chi connectivity index (χ2n) is 8.49. The van der Waals surface area contributed by atoms with Gasteiger partial charge in [-0.25, -0.2) is 9.59 Å². The van der Waals surface area contributed by atoms with Gasteiger partial charge in [-0.05, 0) is 46.1 Å². The zero-order valence-electron chi connectivity index (χ0n) is 17.0. The molecule has 1 aromatic carbocycles. The zero-order valence-corrected chi connectivity index (χ0v) is 17.0. The summed E-state index contributed by atoms with van der Waals surface area (Å²) in [6.45, 7) is 7.86. The number of ether oxygens (including phenoxy) is 1. The van der Waals surface area contributed by atoms with E-state index >= 15 is 0 Å². The molecular formula is C21H29N3O4. The number of carbonyl (C=O) groups is 3. The van der Waals surface area contributed by atoms with Crippen LogP contribution in [0.15, 0.2) is 30.3 Å². The third-order valence-corrected chi connectivity index (χ3v) is 5.25. The molecule has 7 nitrogen and oxygen atoms in total. The van der Waals surface area contributed by atoms with Crippen LogP contribution in [-0.4, -0.2) is 52.1 Å². The van der Waals surface area contributed by atoms with Crippen LogP contribution >= 0.6 is 0 Å². The van der Waals surface area contributed by atoms with Crippen molar-refractivity contribution in [3.63, 3.8) is 0 Å². The van der Waals surface area contributed by atoms with E-state index in [2.05, 4.69) is 5.32 Å². The number of fused-ring (bicyclic) bond motifs is 1. The number of nitrogens with one attached hydrogen (secondary N) is 1. The minimum absolute atomic E-state index is 0.198. The lowest BCUT2D eigenvalue weighted by molar-refractivity contribution is -0.135. The Bertz CT molecular complexity index is 744. The standard InChI is InChI=1S/C21H29N3O4/c1-14(15-9-6-5-7-10-15)24-18(25)13-17-16(11-8-12-23(17)20(24)27)22-19(26)28-21(2,3)4/h5-7,9-10,14,16-17H,8,11-13H2,1-4H3,(H,22,26)/t14-,16?,17?/m1/s1. The van der Waals surface area contributed by atoms with Crippen molar-refractivity contribution in [1.82, 2.24) is 15.1 Å². The molecule has 4 amide bonds. The van der Waals surface area contributed by atoms with Crippen molar-refractivity contribution in [2.75, 3.05) is 6.54 Å². The Kier molecular flexibility index (Phi) is 5.63. The van der Waals surface area contributed by atoms with Crippen LogP contribution in [0.3, 0.4) is 0 Å². The second kappa shape index (κ2) is 7.81. The van der Waals surface area contributed by atoms with E-state index in [1.165, 1.54) is 4.90 Å². The van der Waals surface area contributed by atoms with Crippen LogP contribution in [-0.2, 0) is 9.53 Å². The number of hydrogen-bond acceptors (Lipinski definition) is 4. The van der Waals surface area contributed by atoms with E-state index in [0.29, 0.717) is 6.54 Å². The van der Waals surface area contributed by atoms with Crippen LogP contribution in [0.25, 0.3) is 0 Å². The number of amides is 4. The van der Waals surface area contributed by atoms with Crippen LogP contribution < -0.4 is 5.32 Å². The Balaban J connectivity index is 1.74. The van der Waals surface area contributed by atoms with E-state index in [1.807, 2.05) is 37.3 Å². The van der Waals surface area contributed by atoms with Crippen LogP contribution in [0.4, 0.5) is 9.59 Å². The lowest BCUT2D eigenvalue weighted by atomic mass is 9.91. The molecule has 2 unspecified atom stereocenters. The van der Waals surface area contributed by atoms with E-state index in [9.17, 15) is 14.4 Å². The molecule has 1 aromatic rings. The molecule has 2 heterocycles. The van der Waals surface area contributed by atoms with Gasteiger partial charge in [-0.15, -0.1) is 0 Å². The molecule has 0 aromatic heterocycles. The smallest absolute Gasteiger partial charge is 0.407 e. The molecule has 1 N–H and O–H groups in total. The topological polar surface area (TPSA) is 79.0 Å². The first-order valence-electron chi connectivity index (χ1n) is 9.84. The molecule has 2 aliphatic heterocycles. The van der Waals surface area contributed by atoms with Crippen LogP contribution in [0.5, 0.6) is 0 Å². The maximum atomic E-state index is 13.1. The van der Waals surface area contributed by atoms with Gasteiger partial charge in [-0.3, -0.25) is 9.69 Å². The summed E-state index contributed by atoms with van der Waals surface area (Å²) in [5.74, 6) is -0.208. The van der Waals surface area contributed by atoms with Crippen molar-refractivity contribution < 1.29 is 19.1 Å². The molecule has 3 rings (SSSR count).